The van der Waals surface area contributed by atoms with Gasteiger partial charge in [-0.05, 0) is 56.6 Å². The number of hydrogen-bond donors (Lipinski definition) is 2. The van der Waals surface area contributed by atoms with Crippen LogP contribution in [0.2, 0.25) is 0 Å². The number of aryl methyl sites for hydroxylation is 1. The lowest BCUT2D eigenvalue weighted by Gasteiger charge is -2.36. The molecule has 0 radical (unpaired) electrons. The van der Waals surface area contributed by atoms with Crippen LogP contribution in [0.15, 0.2) is 24.3 Å². The van der Waals surface area contributed by atoms with Gasteiger partial charge in [0.1, 0.15) is 11.6 Å². The lowest BCUT2D eigenvalue weighted by molar-refractivity contribution is -0.126. The van der Waals surface area contributed by atoms with Gasteiger partial charge < -0.3 is 15.5 Å². The second kappa shape index (κ2) is 7.77. The van der Waals surface area contributed by atoms with E-state index in [2.05, 4.69) is 22.8 Å². The summed E-state index contributed by atoms with van der Waals surface area (Å²) in [6.45, 7) is 1.74. The summed E-state index contributed by atoms with van der Waals surface area (Å²) in [7, 11) is 0. The van der Waals surface area contributed by atoms with Gasteiger partial charge in [0, 0.05) is 24.9 Å². The van der Waals surface area contributed by atoms with Gasteiger partial charge in [0.05, 0.1) is 6.07 Å². The zero-order chi connectivity index (χ0) is 22.3. The molecule has 2 atom stereocenters. The summed E-state index contributed by atoms with van der Waals surface area (Å²) in [5, 5.41) is 14.2. The van der Waals surface area contributed by atoms with E-state index in [0.29, 0.717) is 25.9 Å². The number of rotatable bonds is 5. The average Bonchev–Trinajstić information content (AvgIpc) is 3.37. The van der Waals surface area contributed by atoms with Gasteiger partial charge >= 0.3 is 6.03 Å². The van der Waals surface area contributed by atoms with Crippen LogP contribution in [0.3, 0.4) is 0 Å². The Morgan fingerprint density at radius 1 is 1.26 bits per heavy atom. The molecular weight excluding hydrogens is 402 g/mol. The summed E-state index contributed by atoms with van der Waals surface area (Å²) in [5.41, 5.74) is 1.49. The number of carbonyl (C=O) groups is 2. The number of likely N-dealkylation sites (tertiary alicyclic amines) is 1. The Morgan fingerprint density at radius 3 is 2.68 bits per heavy atom. The number of nitrogens with zero attached hydrogens (tertiary/aromatic N) is 2. The molecule has 0 aromatic heterocycles. The van der Waals surface area contributed by atoms with E-state index in [1.807, 2.05) is 18.2 Å². The molecule has 2 fully saturated rings. The molecule has 1 saturated heterocycles. The van der Waals surface area contributed by atoms with Crippen molar-refractivity contribution in [3.05, 3.63) is 35.4 Å². The third-order valence-electron chi connectivity index (χ3n) is 6.83. The first-order valence-electron chi connectivity index (χ1n) is 10.9. The molecule has 3 aliphatic rings. The van der Waals surface area contributed by atoms with Crippen molar-refractivity contribution in [2.45, 2.75) is 74.8 Å². The first-order chi connectivity index (χ1) is 14.7. The molecule has 1 saturated carbocycles. The molecule has 1 aliphatic heterocycles. The second-order valence-corrected chi connectivity index (χ2v) is 9.42. The number of amides is 3. The number of alkyl halides is 2. The van der Waals surface area contributed by atoms with Gasteiger partial charge in [0.2, 0.25) is 11.8 Å². The van der Waals surface area contributed by atoms with Crippen LogP contribution in [0.1, 0.15) is 56.6 Å². The molecule has 2 N–H and O–H groups in total. The Morgan fingerprint density at radius 2 is 2.00 bits per heavy atom. The zero-order valence-electron chi connectivity index (χ0n) is 17.7. The standard InChI is InChI=1S/C23H28F2N4O2/c1-21(24,25)13-18(19(30)28-23(14-26)9-10-23)27-20(31)29-12-11-22(15-29)8-4-6-16-5-2-3-7-17(16)22/h2-3,5,7,18H,4,6,8-13,15H2,1H3,(H,27,31)(H,28,30). The van der Waals surface area contributed by atoms with E-state index >= 15 is 0 Å². The Hall–Kier alpha value is -2.69. The minimum absolute atomic E-state index is 0.114. The minimum Gasteiger partial charge on any atom is -0.336 e. The quantitative estimate of drug-likeness (QED) is 0.752. The molecule has 2 aliphatic carbocycles. The molecule has 166 valence electrons. The normalized spacial score (nSPS) is 24.8. The van der Waals surface area contributed by atoms with E-state index in [-0.39, 0.29) is 5.41 Å². The molecular formula is C23H28F2N4O2. The number of carbonyl (C=O) groups excluding carboxylic acids is 2. The van der Waals surface area contributed by atoms with Crippen LogP contribution in [0, 0.1) is 11.3 Å². The Bertz CT molecular complexity index is 919. The van der Waals surface area contributed by atoms with Crippen molar-refractivity contribution in [2.75, 3.05) is 13.1 Å². The molecule has 1 spiro atoms. The lowest BCUT2D eigenvalue weighted by atomic mass is 9.69. The van der Waals surface area contributed by atoms with E-state index in [0.717, 1.165) is 32.6 Å². The van der Waals surface area contributed by atoms with Gasteiger partial charge in [-0.2, -0.15) is 5.26 Å². The first-order valence-corrected chi connectivity index (χ1v) is 10.9. The predicted molar refractivity (Wildman–Crippen MR) is 111 cm³/mol. The summed E-state index contributed by atoms with van der Waals surface area (Å²) in [4.78, 5) is 27.2. The van der Waals surface area contributed by atoms with Crippen LogP contribution in [-0.4, -0.2) is 47.4 Å². The minimum atomic E-state index is -3.13. The van der Waals surface area contributed by atoms with Crippen LogP contribution >= 0.6 is 0 Å². The molecule has 2 unspecified atom stereocenters. The fourth-order valence-corrected chi connectivity index (χ4v) is 5.00. The number of benzene rings is 1. The SMILES string of the molecule is CC(F)(F)CC(NC(=O)N1CCC2(CCCc3ccccc32)C1)C(=O)NC1(C#N)CC1. The molecule has 1 aromatic rings. The lowest BCUT2D eigenvalue weighted by Crippen LogP contribution is -2.54. The van der Waals surface area contributed by atoms with Crippen LogP contribution in [-0.2, 0) is 16.6 Å². The number of hydrogen-bond acceptors (Lipinski definition) is 3. The number of nitrogens with one attached hydrogen (secondary N) is 2. The monoisotopic (exact) mass is 430 g/mol. The zero-order valence-corrected chi connectivity index (χ0v) is 17.7. The smallest absolute Gasteiger partial charge is 0.318 e. The molecule has 8 heteroatoms. The number of halogens is 2. The first kappa shape index (κ1) is 21.5. The van der Waals surface area contributed by atoms with E-state index in [9.17, 15) is 23.6 Å². The molecule has 3 amide bonds. The fourth-order valence-electron chi connectivity index (χ4n) is 5.00. The summed E-state index contributed by atoms with van der Waals surface area (Å²) in [6, 6.07) is 8.41. The average molecular weight is 430 g/mol. The topological polar surface area (TPSA) is 85.2 Å². The molecule has 1 heterocycles. The maximum atomic E-state index is 13.7. The Balaban J connectivity index is 1.46. The van der Waals surface area contributed by atoms with Gasteiger partial charge in [0.25, 0.3) is 0 Å². The highest BCUT2D eigenvalue weighted by molar-refractivity contribution is 5.88. The molecule has 1 aromatic carbocycles. The van der Waals surface area contributed by atoms with Crippen LogP contribution in [0.4, 0.5) is 13.6 Å². The largest absolute Gasteiger partial charge is 0.336 e. The number of nitriles is 1. The highest BCUT2D eigenvalue weighted by Gasteiger charge is 2.47. The second-order valence-electron chi connectivity index (χ2n) is 9.42. The molecule has 31 heavy (non-hydrogen) atoms. The van der Waals surface area contributed by atoms with Crippen molar-refractivity contribution in [3.8, 4) is 6.07 Å². The third-order valence-corrected chi connectivity index (χ3v) is 6.83. The Labute approximate surface area is 181 Å². The van der Waals surface area contributed by atoms with Gasteiger partial charge in [-0.15, -0.1) is 0 Å². The van der Waals surface area contributed by atoms with E-state index < -0.39 is 35.9 Å². The van der Waals surface area contributed by atoms with Crippen LogP contribution < -0.4 is 10.6 Å². The van der Waals surface area contributed by atoms with Crippen molar-refractivity contribution in [1.29, 1.82) is 5.26 Å². The van der Waals surface area contributed by atoms with Crippen molar-refractivity contribution in [3.63, 3.8) is 0 Å². The fraction of sp³-hybridized carbons (Fsp3) is 0.609. The summed E-state index contributed by atoms with van der Waals surface area (Å²) in [5.74, 6) is -3.86. The molecule has 4 rings (SSSR count). The molecule has 6 nitrogen and oxygen atoms in total. The predicted octanol–water partition coefficient (Wildman–Crippen LogP) is 3.26. The highest BCUT2D eigenvalue weighted by Crippen LogP contribution is 2.44. The van der Waals surface area contributed by atoms with Gasteiger partial charge in [-0.25, -0.2) is 13.6 Å². The van der Waals surface area contributed by atoms with Crippen molar-refractivity contribution in [2.24, 2.45) is 0 Å². The van der Waals surface area contributed by atoms with E-state index in [1.165, 1.54) is 11.1 Å². The number of urea groups is 1. The highest BCUT2D eigenvalue weighted by atomic mass is 19.3. The Kier molecular flexibility index (Phi) is 5.40. The van der Waals surface area contributed by atoms with E-state index in [1.54, 1.807) is 4.90 Å². The molecule has 0 bridgehead atoms. The summed E-state index contributed by atoms with van der Waals surface area (Å²) < 4.78 is 27.5. The van der Waals surface area contributed by atoms with Gasteiger partial charge in [-0.1, -0.05) is 24.3 Å². The maximum Gasteiger partial charge on any atom is 0.318 e. The number of fused-ring (bicyclic) bond motifs is 2. The van der Waals surface area contributed by atoms with Crippen molar-refractivity contribution >= 4 is 11.9 Å². The summed E-state index contributed by atoms with van der Waals surface area (Å²) in [6.07, 6.45) is 4.05. The van der Waals surface area contributed by atoms with E-state index in [4.69, 9.17) is 0 Å². The third kappa shape index (κ3) is 4.51. The van der Waals surface area contributed by atoms with Gasteiger partial charge in [0.15, 0.2) is 0 Å². The van der Waals surface area contributed by atoms with Crippen LogP contribution in [0.5, 0.6) is 0 Å². The summed E-state index contributed by atoms with van der Waals surface area (Å²) >= 11 is 0. The van der Waals surface area contributed by atoms with Crippen molar-refractivity contribution < 1.29 is 18.4 Å². The van der Waals surface area contributed by atoms with Gasteiger partial charge in [-0.3, -0.25) is 4.79 Å². The maximum absolute atomic E-state index is 13.7. The van der Waals surface area contributed by atoms with Crippen LogP contribution in [0.25, 0.3) is 0 Å². The van der Waals surface area contributed by atoms with Crippen molar-refractivity contribution in [1.82, 2.24) is 15.5 Å².